The molecule has 0 aliphatic heterocycles. The van der Waals surface area contributed by atoms with Gasteiger partial charge < -0.3 is 0 Å². The summed E-state index contributed by atoms with van der Waals surface area (Å²) in [4.78, 5) is 29.6. The van der Waals surface area contributed by atoms with Crippen LogP contribution in [0, 0.1) is 20.8 Å². The highest BCUT2D eigenvalue weighted by Gasteiger charge is 2.18. The molecule has 0 saturated heterocycles. The third-order valence-corrected chi connectivity index (χ3v) is 3.78. The Morgan fingerprint density at radius 3 is 2.46 bits per heavy atom. The van der Waals surface area contributed by atoms with Crippen LogP contribution in [-0.4, -0.2) is 31.8 Å². The fourth-order valence-corrected chi connectivity index (χ4v) is 2.47. The van der Waals surface area contributed by atoms with E-state index in [0.717, 1.165) is 16.8 Å². The number of nitrogens with zero attached hydrogens (tertiary/aromatic N) is 4. The zero-order chi connectivity index (χ0) is 18.7. The number of hydrazine groups is 1. The number of carbonyl (C=O) groups excluding carboxylic acids is 2. The topological polar surface area (TPSA) is 102 Å². The van der Waals surface area contributed by atoms with E-state index in [9.17, 15) is 9.59 Å². The molecule has 2 amide bonds. The van der Waals surface area contributed by atoms with E-state index >= 15 is 0 Å². The number of hydrogen-bond acceptors (Lipinski definition) is 5. The lowest BCUT2D eigenvalue weighted by molar-refractivity contribution is 0.0843. The first kappa shape index (κ1) is 17.3. The smallest absolute Gasteiger partial charge is 0.267 e. The molecule has 8 nitrogen and oxygen atoms in total. The molecule has 0 aliphatic carbocycles. The minimum Gasteiger partial charge on any atom is -0.267 e. The van der Waals surface area contributed by atoms with Crippen molar-refractivity contribution < 1.29 is 9.59 Å². The highest BCUT2D eigenvalue weighted by molar-refractivity contribution is 5.98. The summed E-state index contributed by atoms with van der Waals surface area (Å²) in [5.41, 5.74) is 8.53. The van der Waals surface area contributed by atoms with E-state index in [-0.39, 0.29) is 5.69 Å². The van der Waals surface area contributed by atoms with Crippen LogP contribution in [-0.2, 0) is 0 Å². The molecular formula is C18H18N6O2. The van der Waals surface area contributed by atoms with Crippen LogP contribution in [0.5, 0.6) is 0 Å². The third-order valence-electron chi connectivity index (χ3n) is 3.78. The Balaban J connectivity index is 1.74. The Morgan fingerprint density at radius 2 is 1.77 bits per heavy atom. The van der Waals surface area contributed by atoms with Gasteiger partial charge in [-0.15, -0.1) is 5.10 Å². The predicted molar refractivity (Wildman–Crippen MR) is 94.7 cm³/mol. The van der Waals surface area contributed by atoms with Crippen molar-refractivity contribution in [2.24, 2.45) is 0 Å². The number of rotatable bonds is 3. The molecule has 0 atom stereocenters. The van der Waals surface area contributed by atoms with Crippen molar-refractivity contribution >= 4 is 11.8 Å². The van der Waals surface area contributed by atoms with Gasteiger partial charge in [-0.3, -0.25) is 25.4 Å². The molecule has 0 radical (unpaired) electrons. The minimum atomic E-state index is -0.546. The van der Waals surface area contributed by atoms with E-state index in [1.54, 1.807) is 25.3 Å². The first-order chi connectivity index (χ1) is 12.5. The number of carbonyl (C=O) groups is 2. The van der Waals surface area contributed by atoms with Gasteiger partial charge >= 0.3 is 0 Å². The van der Waals surface area contributed by atoms with Crippen molar-refractivity contribution in [1.82, 2.24) is 30.8 Å². The van der Waals surface area contributed by atoms with E-state index < -0.39 is 11.8 Å². The summed E-state index contributed by atoms with van der Waals surface area (Å²) in [7, 11) is 0. The number of amides is 2. The average molecular weight is 350 g/mol. The zero-order valence-corrected chi connectivity index (χ0v) is 14.6. The van der Waals surface area contributed by atoms with E-state index in [0.29, 0.717) is 11.3 Å². The monoisotopic (exact) mass is 350 g/mol. The molecule has 2 aromatic heterocycles. The van der Waals surface area contributed by atoms with Gasteiger partial charge in [-0.25, -0.2) is 0 Å². The normalized spacial score (nSPS) is 10.4. The van der Waals surface area contributed by atoms with E-state index in [1.807, 2.05) is 32.0 Å². The van der Waals surface area contributed by atoms with Crippen molar-refractivity contribution in [3.05, 3.63) is 70.8 Å². The van der Waals surface area contributed by atoms with E-state index in [2.05, 4.69) is 26.0 Å². The summed E-state index contributed by atoms with van der Waals surface area (Å²) in [5.74, 6) is -1.01. The molecule has 2 N–H and O–H groups in total. The third kappa shape index (κ3) is 3.59. The van der Waals surface area contributed by atoms with Gasteiger partial charge in [0.05, 0.1) is 16.9 Å². The second kappa shape index (κ2) is 7.14. The predicted octanol–water partition coefficient (Wildman–Crippen LogP) is 1.66. The summed E-state index contributed by atoms with van der Waals surface area (Å²) in [6, 6.07) is 9.10. The Bertz CT molecular complexity index is 965. The highest BCUT2D eigenvalue weighted by Crippen LogP contribution is 2.15. The van der Waals surface area contributed by atoms with Crippen molar-refractivity contribution in [3.63, 3.8) is 0 Å². The number of hydrogen-bond donors (Lipinski definition) is 2. The van der Waals surface area contributed by atoms with Gasteiger partial charge in [0.2, 0.25) is 0 Å². The fraction of sp³-hybridized carbons (Fsp3) is 0.167. The molecule has 0 spiro atoms. The molecule has 132 valence electrons. The molecule has 26 heavy (non-hydrogen) atoms. The van der Waals surface area contributed by atoms with Crippen molar-refractivity contribution in [3.8, 4) is 5.69 Å². The Morgan fingerprint density at radius 1 is 1.00 bits per heavy atom. The molecule has 2 heterocycles. The van der Waals surface area contributed by atoms with Crippen LogP contribution < -0.4 is 10.9 Å². The molecule has 0 saturated carbocycles. The SMILES string of the molecule is Cc1ccc(-n2nc(C)c(C(=O)NNC(=O)c3cccnc3)n2)c(C)c1. The van der Waals surface area contributed by atoms with Crippen molar-refractivity contribution in [2.45, 2.75) is 20.8 Å². The molecule has 1 aromatic carbocycles. The zero-order valence-electron chi connectivity index (χ0n) is 14.6. The van der Waals surface area contributed by atoms with Crippen LogP contribution in [0.3, 0.4) is 0 Å². The maximum atomic E-state index is 12.3. The summed E-state index contributed by atoms with van der Waals surface area (Å²) in [5, 5.41) is 8.55. The van der Waals surface area contributed by atoms with Gasteiger partial charge in [-0.1, -0.05) is 17.7 Å². The molecule has 8 heteroatoms. The quantitative estimate of drug-likeness (QED) is 0.700. The lowest BCUT2D eigenvalue weighted by Gasteiger charge is -2.06. The van der Waals surface area contributed by atoms with Crippen LogP contribution in [0.25, 0.3) is 5.69 Å². The van der Waals surface area contributed by atoms with E-state index in [4.69, 9.17) is 0 Å². The Kier molecular flexibility index (Phi) is 4.74. The van der Waals surface area contributed by atoms with Gasteiger partial charge in [0.25, 0.3) is 11.8 Å². The first-order valence-corrected chi connectivity index (χ1v) is 7.98. The van der Waals surface area contributed by atoms with Crippen LogP contribution in [0.2, 0.25) is 0 Å². The first-order valence-electron chi connectivity index (χ1n) is 7.98. The second-order valence-corrected chi connectivity index (χ2v) is 5.86. The standard InChI is InChI=1S/C18H18N6O2/c1-11-6-7-15(12(2)9-11)24-22-13(3)16(23-24)18(26)21-20-17(25)14-5-4-8-19-10-14/h4-10H,1-3H3,(H,20,25)(H,21,26). The average Bonchev–Trinajstić information content (AvgIpc) is 3.01. The van der Waals surface area contributed by atoms with Gasteiger partial charge in [-0.2, -0.15) is 9.90 Å². The number of nitrogens with one attached hydrogen (secondary N) is 2. The summed E-state index contributed by atoms with van der Waals surface area (Å²) >= 11 is 0. The maximum Gasteiger partial charge on any atom is 0.292 e. The molecule has 0 bridgehead atoms. The summed E-state index contributed by atoms with van der Waals surface area (Å²) in [6.45, 7) is 5.64. The van der Waals surface area contributed by atoms with Gasteiger partial charge in [0.1, 0.15) is 0 Å². The lowest BCUT2D eigenvalue weighted by atomic mass is 10.1. The fourth-order valence-electron chi connectivity index (χ4n) is 2.47. The Labute approximate surface area is 150 Å². The van der Waals surface area contributed by atoms with Crippen LogP contribution in [0.4, 0.5) is 0 Å². The molecule has 3 rings (SSSR count). The number of aryl methyl sites for hydroxylation is 3. The van der Waals surface area contributed by atoms with Crippen molar-refractivity contribution in [2.75, 3.05) is 0 Å². The highest BCUT2D eigenvalue weighted by atomic mass is 16.2. The summed E-state index contributed by atoms with van der Waals surface area (Å²) in [6.07, 6.45) is 2.97. The van der Waals surface area contributed by atoms with Crippen molar-refractivity contribution in [1.29, 1.82) is 0 Å². The minimum absolute atomic E-state index is 0.136. The largest absolute Gasteiger partial charge is 0.292 e. The van der Waals surface area contributed by atoms with Gasteiger partial charge in [-0.05, 0) is 44.5 Å². The second-order valence-electron chi connectivity index (χ2n) is 5.86. The lowest BCUT2D eigenvalue weighted by Crippen LogP contribution is -2.42. The van der Waals surface area contributed by atoms with Gasteiger partial charge in [0.15, 0.2) is 5.69 Å². The number of benzene rings is 1. The number of aromatic nitrogens is 4. The molecule has 3 aromatic rings. The molecule has 0 unspecified atom stereocenters. The van der Waals surface area contributed by atoms with Crippen LogP contribution >= 0.6 is 0 Å². The maximum absolute atomic E-state index is 12.3. The molecular weight excluding hydrogens is 332 g/mol. The Hall–Kier alpha value is -3.55. The molecule has 0 fully saturated rings. The summed E-state index contributed by atoms with van der Waals surface area (Å²) < 4.78 is 0. The van der Waals surface area contributed by atoms with Crippen LogP contribution in [0.15, 0.2) is 42.7 Å². The van der Waals surface area contributed by atoms with Crippen LogP contribution in [0.1, 0.15) is 37.7 Å². The van der Waals surface area contributed by atoms with Gasteiger partial charge in [0, 0.05) is 12.4 Å². The van der Waals surface area contributed by atoms with E-state index in [1.165, 1.54) is 11.0 Å². The molecule has 0 aliphatic rings. The number of pyridine rings is 1.